The molecule has 0 atom stereocenters. The van der Waals surface area contributed by atoms with E-state index in [1.165, 1.54) is 0 Å². The van der Waals surface area contributed by atoms with Crippen molar-refractivity contribution in [2.24, 2.45) is 0 Å². The molecule has 0 aromatic heterocycles. The molecule has 0 saturated carbocycles. The second kappa shape index (κ2) is 2.60. The molecule has 7 heavy (non-hydrogen) atoms. The summed E-state index contributed by atoms with van der Waals surface area (Å²) in [6.45, 7) is 0. The molecule has 41 valence electrons. The van der Waals surface area contributed by atoms with Crippen LogP contribution in [0.25, 0.3) is 0 Å². The van der Waals surface area contributed by atoms with Crippen molar-refractivity contribution in [2.45, 2.75) is 0 Å². The standard InChI is InChI=1S/2CHO2.Mn/c2*2-1-3;/h2*(H,2,3);. The topological polar surface area (TPSA) is 74.6 Å². The summed E-state index contributed by atoms with van der Waals surface area (Å²) in [5.74, 6) is 0. The van der Waals surface area contributed by atoms with Crippen LogP contribution in [0.15, 0.2) is 0 Å². The second-order valence-corrected chi connectivity index (χ2v) is 1.91. The van der Waals surface area contributed by atoms with E-state index in [4.69, 9.17) is 10.2 Å². The van der Waals surface area contributed by atoms with Gasteiger partial charge in [-0.15, -0.1) is 0 Å². The Bertz CT molecular complexity index is 85.9. The summed E-state index contributed by atoms with van der Waals surface area (Å²) in [6.07, 6.45) is 0. The van der Waals surface area contributed by atoms with Crippen LogP contribution < -0.4 is 0 Å². The molecule has 0 spiro atoms. The van der Waals surface area contributed by atoms with Crippen LogP contribution in [-0.4, -0.2) is 19.9 Å². The number of carbonyl (C=O) groups is 2. The van der Waals surface area contributed by atoms with Gasteiger partial charge in [0, 0.05) is 0 Å². The fraction of sp³-hybridized carbons (Fsp3) is 0. The van der Waals surface area contributed by atoms with Gasteiger partial charge in [0.25, 0.3) is 0 Å². The molecule has 0 aliphatic rings. The summed E-state index contributed by atoms with van der Waals surface area (Å²) in [6, 6.07) is 0. The molecule has 0 radical (unpaired) electrons. The fourth-order valence-electron chi connectivity index (χ4n) is 0.0692. The summed E-state index contributed by atoms with van der Waals surface area (Å²) >= 11 is -1.05. The van der Waals surface area contributed by atoms with E-state index in [9.17, 15) is 9.59 Å². The van der Waals surface area contributed by atoms with Gasteiger partial charge in [0.05, 0.1) is 0 Å². The summed E-state index contributed by atoms with van der Waals surface area (Å²) in [4.78, 5) is 16.3. The van der Waals surface area contributed by atoms with E-state index in [1.807, 2.05) is 0 Å². The van der Waals surface area contributed by atoms with E-state index in [1.54, 1.807) is 0 Å². The van der Waals surface area contributed by atoms with Gasteiger partial charge in [0.15, 0.2) is 0 Å². The quantitative estimate of drug-likeness (QED) is 0.552. The molecule has 0 aromatic carbocycles. The first-order valence-corrected chi connectivity index (χ1v) is 2.41. The predicted octanol–water partition coefficient (Wildman–Crippen LogP) is 0.425. The van der Waals surface area contributed by atoms with Crippen LogP contribution >= 0.6 is 0 Å². The third-order valence-corrected chi connectivity index (χ3v) is 0.667. The summed E-state index contributed by atoms with van der Waals surface area (Å²) in [5.41, 5.74) is 0. The maximum atomic E-state index is 9.44. The van der Waals surface area contributed by atoms with Crippen molar-refractivity contribution in [3.8, 4) is 0 Å². The van der Waals surface area contributed by atoms with Gasteiger partial charge in [-0.2, -0.15) is 0 Å². The SMILES string of the molecule is O=[C](O)[Mn][C](=O)O. The average molecular weight is 145 g/mol. The molecule has 0 aliphatic carbocycles. The van der Waals surface area contributed by atoms with Crippen molar-refractivity contribution in [3.05, 3.63) is 0 Å². The molecule has 0 saturated heterocycles. The number of hydrogen-bond acceptors (Lipinski definition) is 2. The molecule has 0 aromatic rings. The second-order valence-electron chi connectivity index (χ2n) is 0.600. The third-order valence-electron chi connectivity index (χ3n) is 0.162. The fourth-order valence-corrected chi connectivity index (χ4v) is 0.285. The average Bonchev–Trinajstić information content (AvgIpc) is 1.27. The van der Waals surface area contributed by atoms with Crippen LogP contribution in [0.1, 0.15) is 0 Å². The first kappa shape index (κ1) is 6.46. The Morgan fingerprint density at radius 3 is 1.43 bits per heavy atom. The summed E-state index contributed by atoms with van der Waals surface area (Å²) in [5, 5.41) is 15.4. The molecule has 4 nitrogen and oxygen atoms in total. The minimum atomic E-state index is -1.28. The maximum absolute atomic E-state index is 9.44. The molecule has 0 fully saturated rings. The zero-order valence-electron chi connectivity index (χ0n) is 3.09. The number of hydrogen-bond donors (Lipinski definition) is 2. The minimum absolute atomic E-state index is 1.05. The van der Waals surface area contributed by atoms with Gasteiger partial charge in [0.2, 0.25) is 0 Å². The molecule has 0 heterocycles. The Morgan fingerprint density at radius 1 is 1.14 bits per heavy atom. The van der Waals surface area contributed by atoms with Crippen LogP contribution in [0.5, 0.6) is 0 Å². The van der Waals surface area contributed by atoms with Crippen LogP contribution in [-0.2, 0) is 15.0 Å². The van der Waals surface area contributed by atoms with Gasteiger partial charge in [-0.05, 0) is 0 Å². The zero-order chi connectivity index (χ0) is 5.86. The van der Waals surface area contributed by atoms with E-state index in [-0.39, 0.29) is 0 Å². The van der Waals surface area contributed by atoms with Gasteiger partial charge < -0.3 is 0 Å². The number of rotatable bonds is 2. The van der Waals surface area contributed by atoms with Crippen molar-refractivity contribution >= 4 is 9.74 Å². The van der Waals surface area contributed by atoms with Gasteiger partial charge >= 0.3 is 44.5 Å². The monoisotopic (exact) mass is 145 g/mol. The van der Waals surface area contributed by atoms with Crippen LogP contribution in [0, 0.1) is 0 Å². The third kappa shape index (κ3) is 5.46. The summed E-state index contributed by atoms with van der Waals surface area (Å²) in [7, 11) is 0. The normalized spacial score (nSPS) is 8.00. The van der Waals surface area contributed by atoms with E-state index in [0.717, 1.165) is 0 Å². The van der Waals surface area contributed by atoms with E-state index < -0.39 is 24.7 Å². The van der Waals surface area contributed by atoms with Gasteiger partial charge in [-0.1, -0.05) is 0 Å². The molecule has 0 unspecified atom stereocenters. The Kier molecular flexibility index (Phi) is 2.40. The Morgan fingerprint density at radius 2 is 1.43 bits per heavy atom. The number of carboxylic acid groups (broad SMARTS) is 2. The van der Waals surface area contributed by atoms with Crippen molar-refractivity contribution < 1.29 is 34.8 Å². The molecular weight excluding hydrogens is 143 g/mol. The predicted molar refractivity (Wildman–Crippen MR) is 16.0 cm³/mol. The van der Waals surface area contributed by atoms with Crippen molar-refractivity contribution in [2.75, 3.05) is 0 Å². The molecule has 0 bridgehead atoms. The van der Waals surface area contributed by atoms with Crippen molar-refractivity contribution in [3.63, 3.8) is 0 Å². The van der Waals surface area contributed by atoms with Gasteiger partial charge in [-0.25, -0.2) is 0 Å². The molecule has 5 heteroatoms. The molecule has 0 aliphatic heterocycles. The van der Waals surface area contributed by atoms with E-state index in [0.29, 0.717) is 0 Å². The van der Waals surface area contributed by atoms with Gasteiger partial charge in [-0.3, -0.25) is 0 Å². The van der Waals surface area contributed by atoms with E-state index >= 15 is 0 Å². The van der Waals surface area contributed by atoms with Crippen molar-refractivity contribution in [1.29, 1.82) is 0 Å². The Balaban J connectivity index is 3.32. The molecular formula is C2H2MnO4. The van der Waals surface area contributed by atoms with Gasteiger partial charge in [0.1, 0.15) is 0 Å². The summed E-state index contributed by atoms with van der Waals surface area (Å²) < 4.78 is 0. The first-order valence-electron chi connectivity index (χ1n) is 1.23. The zero-order valence-corrected chi connectivity index (χ0v) is 4.27. The van der Waals surface area contributed by atoms with E-state index in [2.05, 4.69) is 0 Å². The van der Waals surface area contributed by atoms with Crippen molar-refractivity contribution in [1.82, 2.24) is 0 Å². The van der Waals surface area contributed by atoms with Crippen LogP contribution in [0.3, 0.4) is 0 Å². The first-order chi connectivity index (χ1) is 3.13. The Hall–Kier alpha value is -0.541. The van der Waals surface area contributed by atoms with Crippen LogP contribution in [0.2, 0.25) is 0 Å². The Labute approximate surface area is 45.3 Å². The van der Waals surface area contributed by atoms with Crippen LogP contribution in [0.4, 0.5) is 9.59 Å². The molecule has 2 N–H and O–H groups in total. The molecule has 0 rings (SSSR count). The molecule has 0 amide bonds.